The first-order valence-electron chi connectivity index (χ1n) is 5.35. The molecule has 1 aromatic carbocycles. The van der Waals surface area contributed by atoms with Crippen LogP contribution in [-0.4, -0.2) is 11.8 Å². The van der Waals surface area contributed by atoms with E-state index in [9.17, 15) is 4.79 Å². The van der Waals surface area contributed by atoms with E-state index in [1.54, 1.807) is 0 Å². The van der Waals surface area contributed by atoms with Crippen molar-refractivity contribution in [1.29, 1.82) is 0 Å². The molecule has 16 heavy (non-hydrogen) atoms. The molecule has 1 rings (SSSR count). The maximum Gasteiger partial charge on any atom is 0.155 e. The van der Waals surface area contributed by atoms with Crippen LogP contribution in [0, 0.1) is 5.41 Å². The fourth-order valence-electron chi connectivity index (χ4n) is 1.52. The minimum absolute atomic E-state index is 0.107. The number of benzene rings is 1. The van der Waals surface area contributed by atoms with Crippen molar-refractivity contribution < 1.29 is 4.79 Å². The van der Waals surface area contributed by atoms with Gasteiger partial charge in [0.15, 0.2) is 5.78 Å². The van der Waals surface area contributed by atoms with Gasteiger partial charge in [0.2, 0.25) is 0 Å². The smallest absolute Gasteiger partial charge is 0.155 e. The molecule has 0 aliphatic heterocycles. The van der Waals surface area contributed by atoms with Crippen molar-refractivity contribution >= 4 is 21.7 Å². The first kappa shape index (κ1) is 13.4. The number of rotatable bonds is 3. The van der Waals surface area contributed by atoms with Crippen LogP contribution in [0.4, 0.5) is 0 Å². The van der Waals surface area contributed by atoms with E-state index in [2.05, 4.69) is 15.9 Å². The molecule has 0 aliphatic carbocycles. The van der Waals surface area contributed by atoms with E-state index in [1.807, 2.05) is 45.0 Å². The fraction of sp³-hybridized carbons (Fsp3) is 0.462. The number of carbonyl (C=O) groups excluding carboxylic acids is 1. The lowest BCUT2D eigenvalue weighted by atomic mass is 9.85. The van der Waals surface area contributed by atoms with Gasteiger partial charge in [0, 0.05) is 9.89 Å². The molecule has 3 heteroatoms. The van der Waals surface area contributed by atoms with Crippen molar-refractivity contribution in [3.05, 3.63) is 34.3 Å². The van der Waals surface area contributed by atoms with E-state index in [1.165, 1.54) is 0 Å². The molecular formula is C13H18BrNO. The van der Waals surface area contributed by atoms with Gasteiger partial charge in [-0.1, -0.05) is 48.8 Å². The third-order valence-electron chi connectivity index (χ3n) is 2.44. The lowest BCUT2D eigenvalue weighted by Crippen LogP contribution is -2.40. The molecule has 0 spiro atoms. The Labute approximate surface area is 105 Å². The van der Waals surface area contributed by atoms with Gasteiger partial charge in [-0.3, -0.25) is 4.79 Å². The van der Waals surface area contributed by atoms with Crippen molar-refractivity contribution in [2.45, 2.75) is 33.2 Å². The van der Waals surface area contributed by atoms with E-state index in [4.69, 9.17) is 5.73 Å². The minimum Gasteiger partial charge on any atom is -0.321 e. The average Bonchev–Trinajstić information content (AvgIpc) is 2.19. The van der Waals surface area contributed by atoms with Crippen molar-refractivity contribution in [3.8, 4) is 0 Å². The molecule has 0 fully saturated rings. The summed E-state index contributed by atoms with van der Waals surface area (Å²) in [4.78, 5) is 11.9. The zero-order chi connectivity index (χ0) is 12.3. The van der Waals surface area contributed by atoms with Gasteiger partial charge in [0.25, 0.3) is 0 Å². The van der Waals surface area contributed by atoms with Gasteiger partial charge in [0.1, 0.15) is 0 Å². The van der Waals surface area contributed by atoms with Crippen LogP contribution in [0.2, 0.25) is 0 Å². The Kier molecular flexibility index (Phi) is 4.28. The highest BCUT2D eigenvalue weighted by molar-refractivity contribution is 9.10. The number of halogens is 1. The maximum atomic E-state index is 11.9. The van der Waals surface area contributed by atoms with Crippen molar-refractivity contribution in [2.24, 2.45) is 11.1 Å². The SMILES string of the molecule is CC(C)(C)C(=O)[C@H](N)Cc1ccc(Br)cc1. The fourth-order valence-corrected chi connectivity index (χ4v) is 1.79. The highest BCUT2D eigenvalue weighted by Crippen LogP contribution is 2.18. The summed E-state index contributed by atoms with van der Waals surface area (Å²) in [5, 5.41) is 0. The van der Waals surface area contributed by atoms with Crippen LogP contribution in [0.3, 0.4) is 0 Å². The summed E-state index contributed by atoms with van der Waals surface area (Å²) in [6.07, 6.45) is 0.601. The van der Waals surface area contributed by atoms with Gasteiger partial charge in [-0.25, -0.2) is 0 Å². The minimum atomic E-state index is -0.416. The Morgan fingerprint density at radius 1 is 1.31 bits per heavy atom. The summed E-state index contributed by atoms with van der Waals surface area (Å²) in [5.74, 6) is 0.107. The summed E-state index contributed by atoms with van der Waals surface area (Å²) in [6, 6.07) is 7.48. The summed E-state index contributed by atoms with van der Waals surface area (Å²) in [5.41, 5.74) is 6.64. The molecule has 0 saturated heterocycles. The molecule has 0 heterocycles. The molecule has 0 aromatic heterocycles. The molecule has 0 aliphatic rings. The standard InChI is InChI=1S/C13H18BrNO/c1-13(2,3)12(16)11(15)8-9-4-6-10(14)7-5-9/h4-7,11H,8,15H2,1-3H3/t11-/m1/s1. The molecular weight excluding hydrogens is 266 g/mol. The highest BCUT2D eigenvalue weighted by Gasteiger charge is 2.26. The Balaban J connectivity index is 2.68. The first-order chi connectivity index (χ1) is 7.30. The van der Waals surface area contributed by atoms with Crippen LogP contribution in [0.5, 0.6) is 0 Å². The van der Waals surface area contributed by atoms with Gasteiger partial charge < -0.3 is 5.73 Å². The average molecular weight is 284 g/mol. The lowest BCUT2D eigenvalue weighted by molar-refractivity contribution is -0.127. The van der Waals surface area contributed by atoms with Crippen LogP contribution in [0.15, 0.2) is 28.7 Å². The number of hydrogen-bond acceptors (Lipinski definition) is 2. The number of carbonyl (C=O) groups is 1. The topological polar surface area (TPSA) is 43.1 Å². The van der Waals surface area contributed by atoms with Gasteiger partial charge in [-0.2, -0.15) is 0 Å². The second-order valence-corrected chi connectivity index (χ2v) is 5.97. The summed E-state index contributed by atoms with van der Waals surface area (Å²) < 4.78 is 1.03. The third-order valence-corrected chi connectivity index (χ3v) is 2.97. The zero-order valence-electron chi connectivity index (χ0n) is 9.96. The predicted molar refractivity (Wildman–Crippen MR) is 70.3 cm³/mol. The number of Topliss-reactive ketones (excluding diaryl/α,β-unsaturated/α-hetero) is 1. The van der Waals surface area contributed by atoms with E-state index in [0.717, 1.165) is 10.0 Å². The summed E-state index contributed by atoms with van der Waals surface area (Å²) in [7, 11) is 0. The van der Waals surface area contributed by atoms with Crippen molar-refractivity contribution in [1.82, 2.24) is 0 Å². The van der Waals surface area contributed by atoms with Gasteiger partial charge in [-0.05, 0) is 24.1 Å². The Bertz CT molecular complexity index is 365. The second kappa shape index (κ2) is 5.11. The van der Waals surface area contributed by atoms with Gasteiger partial charge in [-0.15, -0.1) is 0 Å². The van der Waals surface area contributed by atoms with E-state index in [0.29, 0.717) is 6.42 Å². The van der Waals surface area contributed by atoms with Crippen LogP contribution in [0.1, 0.15) is 26.3 Å². The van der Waals surface area contributed by atoms with E-state index < -0.39 is 6.04 Å². The number of hydrogen-bond donors (Lipinski definition) is 1. The first-order valence-corrected chi connectivity index (χ1v) is 6.14. The van der Waals surface area contributed by atoms with E-state index >= 15 is 0 Å². The summed E-state index contributed by atoms with van der Waals surface area (Å²) >= 11 is 3.37. The molecule has 0 amide bonds. The quantitative estimate of drug-likeness (QED) is 0.927. The predicted octanol–water partition coefficient (Wildman–Crippen LogP) is 2.93. The molecule has 1 aromatic rings. The molecule has 2 nitrogen and oxygen atoms in total. The molecule has 0 bridgehead atoms. The zero-order valence-corrected chi connectivity index (χ0v) is 11.5. The van der Waals surface area contributed by atoms with Crippen molar-refractivity contribution in [3.63, 3.8) is 0 Å². The van der Waals surface area contributed by atoms with Gasteiger partial charge in [0.05, 0.1) is 6.04 Å². The molecule has 88 valence electrons. The normalized spacial score (nSPS) is 13.6. The molecule has 1 atom stereocenters. The maximum absolute atomic E-state index is 11.9. The van der Waals surface area contributed by atoms with Crippen molar-refractivity contribution in [2.75, 3.05) is 0 Å². The van der Waals surface area contributed by atoms with Crippen LogP contribution >= 0.6 is 15.9 Å². The summed E-state index contributed by atoms with van der Waals surface area (Å²) in [6.45, 7) is 5.70. The molecule has 0 saturated carbocycles. The Morgan fingerprint density at radius 3 is 2.25 bits per heavy atom. The Morgan fingerprint density at radius 2 is 1.81 bits per heavy atom. The lowest BCUT2D eigenvalue weighted by Gasteiger charge is -2.21. The van der Waals surface area contributed by atoms with Gasteiger partial charge >= 0.3 is 0 Å². The van der Waals surface area contributed by atoms with Crippen LogP contribution in [-0.2, 0) is 11.2 Å². The van der Waals surface area contributed by atoms with Crippen LogP contribution < -0.4 is 5.73 Å². The third kappa shape index (κ3) is 3.72. The second-order valence-electron chi connectivity index (χ2n) is 5.05. The van der Waals surface area contributed by atoms with E-state index in [-0.39, 0.29) is 11.2 Å². The molecule has 0 radical (unpaired) electrons. The Hall–Kier alpha value is -0.670. The highest BCUT2D eigenvalue weighted by atomic mass is 79.9. The monoisotopic (exact) mass is 283 g/mol. The van der Waals surface area contributed by atoms with Crippen LogP contribution in [0.25, 0.3) is 0 Å². The number of ketones is 1. The molecule has 2 N–H and O–H groups in total. The number of nitrogens with two attached hydrogens (primary N) is 1. The largest absolute Gasteiger partial charge is 0.321 e. The molecule has 0 unspecified atom stereocenters.